The molecule has 7 heteroatoms. The Labute approximate surface area is 244 Å². The summed E-state index contributed by atoms with van der Waals surface area (Å²) in [5, 5.41) is 0. The van der Waals surface area contributed by atoms with Crippen molar-refractivity contribution in [1.82, 2.24) is 4.31 Å². The zero-order valence-corrected chi connectivity index (χ0v) is 24.9. The Morgan fingerprint density at radius 1 is 1.02 bits per heavy atom. The monoisotopic (exact) mass is 575 g/mol. The van der Waals surface area contributed by atoms with Crippen molar-refractivity contribution in [2.45, 2.75) is 88.9 Å². The lowest BCUT2D eigenvalue weighted by molar-refractivity contribution is -0.145. The van der Waals surface area contributed by atoms with Crippen LogP contribution in [-0.4, -0.2) is 31.3 Å². The first-order valence-electron chi connectivity index (χ1n) is 14.8. The van der Waals surface area contributed by atoms with Crippen LogP contribution in [0.15, 0.2) is 77.7 Å². The fourth-order valence-corrected chi connectivity index (χ4v) is 7.73. The van der Waals surface area contributed by atoms with Crippen molar-refractivity contribution in [3.63, 3.8) is 0 Å². The highest BCUT2D eigenvalue weighted by atomic mass is 32.2. The summed E-state index contributed by atoms with van der Waals surface area (Å²) in [6, 6.07) is 22.8. The van der Waals surface area contributed by atoms with Gasteiger partial charge in [0.25, 0.3) is 0 Å². The number of hydrogen-bond acceptors (Lipinski definition) is 5. The van der Waals surface area contributed by atoms with Gasteiger partial charge in [0.15, 0.2) is 0 Å². The van der Waals surface area contributed by atoms with Crippen molar-refractivity contribution < 1.29 is 22.7 Å². The van der Waals surface area contributed by atoms with E-state index in [9.17, 15) is 13.2 Å². The molecule has 3 aromatic rings. The third-order valence-electron chi connectivity index (χ3n) is 8.50. The van der Waals surface area contributed by atoms with E-state index in [-0.39, 0.29) is 42.6 Å². The summed E-state index contributed by atoms with van der Waals surface area (Å²) in [5.74, 6) is 0.924. The predicted molar refractivity (Wildman–Crippen MR) is 160 cm³/mol. The number of carbonyl (C=O) groups is 1. The highest BCUT2D eigenvalue weighted by molar-refractivity contribution is 7.89. The van der Waals surface area contributed by atoms with Gasteiger partial charge in [-0.25, -0.2) is 8.42 Å². The molecule has 3 aromatic carbocycles. The van der Waals surface area contributed by atoms with E-state index in [1.54, 1.807) is 24.3 Å². The largest absolute Gasteiger partial charge is 0.488 e. The average molecular weight is 576 g/mol. The second-order valence-electron chi connectivity index (χ2n) is 11.6. The smallest absolute Gasteiger partial charge is 0.306 e. The third-order valence-corrected chi connectivity index (χ3v) is 10.4. The predicted octanol–water partition coefficient (Wildman–Crippen LogP) is 7.15. The van der Waals surface area contributed by atoms with E-state index in [0.29, 0.717) is 18.1 Å². The summed E-state index contributed by atoms with van der Waals surface area (Å²) in [6.07, 6.45) is 7.13. The van der Waals surface area contributed by atoms with E-state index in [0.717, 1.165) is 35.1 Å². The molecule has 218 valence electrons. The minimum absolute atomic E-state index is 0.0157. The molecule has 2 unspecified atom stereocenters. The molecule has 0 amide bonds. The van der Waals surface area contributed by atoms with Crippen molar-refractivity contribution >= 4 is 16.0 Å². The van der Waals surface area contributed by atoms with Crippen molar-refractivity contribution in [2.75, 3.05) is 6.54 Å². The van der Waals surface area contributed by atoms with Gasteiger partial charge in [-0.3, -0.25) is 4.79 Å². The number of nitrogens with zero attached hydrogens (tertiary/aromatic N) is 1. The number of sulfonamides is 1. The van der Waals surface area contributed by atoms with Gasteiger partial charge in [-0.05, 0) is 72.9 Å². The van der Waals surface area contributed by atoms with Crippen molar-refractivity contribution in [1.29, 1.82) is 0 Å². The summed E-state index contributed by atoms with van der Waals surface area (Å²) < 4.78 is 40.5. The number of hydrogen-bond donors (Lipinski definition) is 0. The third kappa shape index (κ3) is 7.38. The summed E-state index contributed by atoms with van der Waals surface area (Å²) >= 11 is 0. The van der Waals surface area contributed by atoms with Crippen LogP contribution in [0.25, 0.3) is 0 Å². The Morgan fingerprint density at radius 2 is 1.76 bits per heavy atom. The van der Waals surface area contributed by atoms with Crippen molar-refractivity contribution in [2.24, 2.45) is 5.92 Å². The fraction of sp³-hybridized carbons (Fsp3) is 0.441. The van der Waals surface area contributed by atoms with Crippen molar-refractivity contribution in [3.05, 3.63) is 95.1 Å². The maximum absolute atomic E-state index is 13.7. The molecule has 1 saturated carbocycles. The quantitative estimate of drug-likeness (QED) is 0.240. The second-order valence-corrected chi connectivity index (χ2v) is 13.5. The molecule has 1 aliphatic carbocycles. The Hall–Kier alpha value is -3.16. The number of para-hydroxylation sites is 1. The summed E-state index contributed by atoms with van der Waals surface area (Å²) in [5.41, 5.74) is 4.01. The molecule has 41 heavy (non-hydrogen) atoms. The van der Waals surface area contributed by atoms with Gasteiger partial charge in [-0.15, -0.1) is 0 Å². The molecule has 0 saturated heterocycles. The standard InChI is InChI=1S/C34H41NO5S/c1-25-16-18-29(20-31(25)23-35-22-26(2)40-32-14-8-9-15-33(32)41(35,37)38)30(19-17-27-10-6-7-11-27)21-34(36)39-24-28-12-4-3-5-13-28/h3-5,8-9,12-16,18,20,26-27,30H,6-7,10-11,17,19,21-24H2,1-2H3. The van der Waals surface area contributed by atoms with E-state index in [1.165, 1.54) is 30.0 Å². The van der Waals surface area contributed by atoms with Crippen LogP contribution in [0.5, 0.6) is 5.75 Å². The van der Waals surface area contributed by atoms with Crippen LogP contribution in [0, 0.1) is 12.8 Å². The first kappa shape index (κ1) is 29.3. The molecule has 1 aliphatic heterocycles. The molecule has 0 N–H and O–H groups in total. The van der Waals surface area contributed by atoms with Gasteiger partial charge in [-0.2, -0.15) is 4.31 Å². The van der Waals surface area contributed by atoms with Crippen LogP contribution in [-0.2, 0) is 32.7 Å². The minimum Gasteiger partial charge on any atom is -0.488 e. The Bertz CT molecular complexity index is 1430. The molecule has 1 fully saturated rings. The molecule has 5 rings (SSSR count). The SMILES string of the molecule is Cc1ccc(C(CCC2CCCC2)CC(=O)OCc2ccccc2)cc1CN1CC(C)Oc2ccccc2S1(=O)=O. The molecule has 2 atom stereocenters. The van der Waals surface area contributed by atoms with Gasteiger partial charge in [0.1, 0.15) is 23.4 Å². The molecule has 0 bridgehead atoms. The maximum atomic E-state index is 13.7. The Balaban J connectivity index is 1.36. The summed E-state index contributed by atoms with van der Waals surface area (Å²) in [6.45, 7) is 4.69. The lowest BCUT2D eigenvalue weighted by Gasteiger charge is -2.24. The molecule has 6 nitrogen and oxygen atoms in total. The number of carbonyl (C=O) groups excluding carboxylic acids is 1. The molecule has 0 spiro atoms. The van der Waals surface area contributed by atoms with Crippen LogP contribution in [0.2, 0.25) is 0 Å². The average Bonchev–Trinajstić information content (AvgIpc) is 3.46. The number of esters is 1. The fourth-order valence-electron chi connectivity index (χ4n) is 6.11. The zero-order chi connectivity index (χ0) is 28.8. The number of ether oxygens (including phenoxy) is 2. The molecule has 0 aromatic heterocycles. The lowest BCUT2D eigenvalue weighted by Crippen LogP contribution is -2.35. The number of aryl methyl sites for hydroxylation is 1. The Morgan fingerprint density at radius 3 is 2.54 bits per heavy atom. The van der Waals surface area contributed by atoms with Gasteiger partial charge < -0.3 is 9.47 Å². The number of rotatable bonds is 10. The lowest BCUT2D eigenvalue weighted by atomic mass is 9.86. The van der Waals surface area contributed by atoms with Gasteiger partial charge >= 0.3 is 5.97 Å². The van der Waals surface area contributed by atoms with Gasteiger partial charge in [0.05, 0.1) is 13.0 Å². The summed E-state index contributed by atoms with van der Waals surface area (Å²) in [7, 11) is -3.74. The first-order chi connectivity index (χ1) is 19.8. The number of fused-ring (bicyclic) bond motifs is 1. The molecular formula is C34H41NO5S. The molecule has 1 heterocycles. The number of benzene rings is 3. The second kappa shape index (κ2) is 13.2. The van der Waals surface area contributed by atoms with E-state index in [2.05, 4.69) is 18.2 Å². The van der Waals surface area contributed by atoms with Gasteiger partial charge in [0.2, 0.25) is 10.0 Å². The van der Waals surface area contributed by atoms with Crippen molar-refractivity contribution in [3.8, 4) is 5.75 Å². The van der Waals surface area contributed by atoms with E-state index >= 15 is 0 Å². The van der Waals surface area contributed by atoms with E-state index < -0.39 is 10.0 Å². The van der Waals surface area contributed by atoms with Crippen LogP contribution >= 0.6 is 0 Å². The highest BCUT2D eigenvalue weighted by Crippen LogP contribution is 2.36. The van der Waals surface area contributed by atoms with Gasteiger partial charge in [0, 0.05) is 6.54 Å². The van der Waals surface area contributed by atoms with E-state index in [1.807, 2.05) is 44.2 Å². The van der Waals surface area contributed by atoms with Gasteiger partial charge in [-0.1, -0.05) is 86.3 Å². The molecular weight excluding hydrogens is 534 g/mol. The molecule has 2 aliphatic rings. The van der Waals surface area contributed by atoms with E-state index in [4.69, 9.17) is 9.47 Å². The topological polar surface area (TPSA) is 72.9 Å². The normalized spacial score (nSPS) is 19.6. The van der Waals surface area contributed by atoms with Crippen LogP contribution in [0.3, 0.4) is 0 Å². The van der Waals surface area contributed by atoms with Crippen LogP contribution in [0.1, 0.15) is 80.0 Å². The highest BCUT2D eigenvalue weighted by Gasteiger charge is 2.33. The first-order valence-corrected chi connectivity index (χ1v) is 16.3. The van der Waals surface area contributed by atoms with Crippen LogP contribution in [0.4, 0.5) is 0 Å². The summed E-state index contributed by atoms with van der Waals surface area (Å²) in [4.78, 5) is 13.2. The van der Waals surface area contributed by atoms with Crippen LogP contribution < -0.4 is 4.74 Å². The minimum atomic E-state index is -3.74. The Kier molecular flexibility index (Phi) is 9.46. The maximum Gasteiger partial charge on any atom is 0.306 e. The zero-order valence-electron chi connectivity index (χ0n) is 24.1. The molecule has 0 radical (unpaired) electrons.